The number of hydrogen-bond acceptors (Lipinski definition) is 5. The van der Waals surface area contributed by atoms with Gasteiger partial charge in [-0.3, -0.25) is 9.59 Å². The molecule has 4 aliphatic carbocycles. The van der Waals surface area contributed by atoms with Crippen LogP contribution in [-0.2, 0) is 14.3 Å². The third-order valence-electron chi connectivity index (χ3n) is 8.91. The van der Waals surface area contributed by atoms with Gasteiger partial charge in [-0.25, -0.2) is 0 Å². The summed E-state index contributed by atoms with van der Waals surface area (Å²) in [5.74, 6) is -0.100. The van der Waals surface area contributed by atoms with Crippen LogP contribution in [-0.4, -0.2) is 46.7 Å². The number of Topliss-reactive ketones (excluding diaryl/α,β-unsaturated/α-hetero) is 1. The van der Waals surface area contributed by atoms with Crippen LogP contribution in [0.3, 0.4) is 0 Å². The summed E-state index contributed by atoms with van der Waals surface area (Å²) < 4.78 is 5.36. The molecule has 0 aliphatic heterocycles. The summed E-state index contributed by atoms with van der Waals surface area (Å²) in [6.07, 6.45) is 6.21. The summed E-state index contributed by atoms with van der Waals surface area (Å²) in [5.41, 5.74) is -0.970. The molecule has 5 heteroatoms. The first-order chi connectivity index (χ1) is 13.2. The molecule has 0 spiro atoms. The summed E-state index contributed by atoms with van der Waals surface area (Å²) in [5, 5.41) is 22.0. The molecule has 2 N–H and O–H groups in total. The van der Waals surface area contributed by atoms with Gasteiger partial charge < -0.3 is 14.9 Å². The first-order valence-corrected chi connectivity index (χ1v) is 10.9. The Hall–Kier alpha value is -1.04. The van der Waals surface area contributed by atoms with Crippen molar-refractivity contribution in [1.82, 2.24) is 0 Å². The van der Waals surface area contributed by atoms with E-state index in [0.29, 0.717) is 25.9 Å². The van der Waals surface area contributed by atoms with Crippen LogP contribution < -0.4 is 0 Å². The average Bonchev–Trinajstić information content (AvgIpc) is 2.93. The van der Waals surface area contributed by atoms with E-state index in [0.717, 1.165) is 31.3 Å². The molecule has 0 radical (unpaired) electrons. The van der Waals surface area contributed by atoms with Crippen LogP contribution in [0.25, 0.3) is 0 Å². The lowest BCUT2D eigenvalue weighted by atomic mass is 9.46. The maximum atomic E-state index is 13.0. The fraction of sp³-hybridized carbons (Fsp3) is 0.826. The molecule has 156 valence electrons. The lowest BCUT2D eigenvalue weighted by Gasteiger charge is -2.59. The molecule has 0 aromatic heterocycles. The van der Waals surface area contributed by atoms with Crippen LogP contribution in [0.5, 0.6) is 0 Å². The normalized spacial score (nSPS) is 47.8. The van der Waals surface area contributed by atoms with Gasteiger partial charge in [-0.05, 0) is 74.9 Å². The third-order valence-corrected chi connectivity index (χ3v) is 8.91. The van der Waals surface area contributed by atoms with Crippen molar-refractivity contribution in [2.75, 3.05) is 13.2 Å². The smallest absolute Gasteiger partial charge is 0.162 e. The minimum atomic E-state index is -1.10. The molecule has 0 heterocycles. The number of fused-ring (bicyclic) bond motifs is 5. The van der Waals surface area contributed by atoms with Crippen LogP contribution in [0.15, 0.2) is 11.6 Å². The molecule has 7 atom stereocenters. The van der Waals surface area contributed by atoms with Crippen molar-refractivity contribution in [3.63, 3.8) is 0 Å². The number of hydrogen-bond donors (Lipinski definition) is 2. The number of ether oxygens (including phenoxy) is 1. The SMILES string of the molecule is CCOCC(=O)C1CC[C@@]2(O)C3=CC(=O)C4CC(O)CCC4(C)C3CCC12C. The maximum Gasteiger partial charge on any atom is 0.162 e. The highest BCUT2D eigenvalue weighted by Crippen LogP contribution is 2.67. The van der Waals surface area contributed by atoms with E-state index in [2.05, 4.69) is 6.92 Å². The molecule has 6 unspecified atom stereocenters. The summed E-state index contributed by atoms with van der Waals surface area (Å²) in [6, 6.07) is 0. The van der Waals surface area contributed by atoms with E-state index in [1.165, 1.54) is 0 Å². The van der Waals surface area contributed by atoms with Crippen LogP contribution in [0, 0.1) is 28.6 Å². The molecule has 0 amide bonds. The molecule has 4 rings (SSSR count). The Morgan fingerprint density at radius 2 is 1.93 bits per heavy atom. The Morgan fingerprint density at radius 3 is 2.64 bits per heavy atom. The summed E-state index contributed by atoms with van der Waals surface area (Å²) >= 11 is 0. The average molecular weight is 391 g/mol. The number of carbonyl (C=O) groups is 2. The Morgan fingerprint density at radius 1 is 1.18 bits per heavy atom. The van der Waals surface area contributed by atoms with Gasteiger partial charge >= 0.3 is 0 Å². The zero-order valence-electron chi connectivity index (χ0n) is 17.4. The zero-order valence-corrected chi connectivity index (χ0v) is 17.4. The largest absolute Gasteiger partial charge is 0.393 e. The molecule has 0 aromatic carbocycles. The summed E-state index contributed by atoms with van der Waals surface area (Å²) in [6.45, 7) is 6.70. The molecule has 28 heavy (non-hydrogen) atoms. The van der Waals surface area contributed by atoms with Crippen LogP contribution >= 0.6 is 0 Å². The van der Waals surface area contributed by atoms with Gasteiger partial charge in [0.25, 0.3) is 0 Å². The Labute approximate surface area is 167 Å². The quantitative estimate of drug-likeness (QED) is 0.771. The fourth-order valence-corrected chi connectivity index (χ4v) is 7.14. The lowest BCUT2D eigenvalue weighted by Crippen LogP contribution is -2.59. The molecule has 0 bridgehead atoms. The first-order valence-electron chi connectivity index (χ1n) is 10.9. The summed E-state index contributed by atoms with van der Waals surface area (Å²) in [7, 11) is 0. The molecule has 3 saturated carbocycles. The minimum Gasteiger partial charge on any atom is -0.393 e. The second kappa shape index (κ2) is 6.75. The van der Waals surface area contributed by atoms with Crippen molar-refractivity contribution >= 4 is 11.6 Å². The van der Waals surface area contributed by atoms with Gasteiger partial charge in [0.2, 0.25) is 0 Å². The van der Waals surface area contributed by atoms with Crippen LogP contribution in [0.2, 0.25) is 0 Å². The van der Waals surface area contributed by atoms with E-state index in [4.69, 9.17) is 4.74 Å². The van der Waals surface area contributed by atoms with Gasteiger partial charge in [0, 0.05) is 23.9 Å². The first kappa shape index (κ1) is 20.2. The lowest BCUT2D eigenvalue weighted by molar-refractivity contribution is -0.146. The molecule has 4 aliphatic rings. The summed E-state index contributed by atoms with van der Waals surface area (Å²) in [4.78, 5) is 25.8. The predicted octanol–water partition coefficient (Wildman–Crippen LogP) is 2.83. The van der Waals surface area contributed by atoms with Crippen molar-refractivity contribution in [1.29, 1.82) is 0 Å². The second-order valence-corrected chi connectivity index (χ2v) is 10.1. The Kier molecular flexibility index (Phi) is 4.88. The third kappa shape index (κ3) is 2.62. The van der Waals surface area contributed by atoms with Gasteiger partial charge in [-0.2, -0.15) is 0 Å². The predicted molar refractivity (Wildman–Crippen MR) is 105 cm³/mol. The molecule has 0 aromatic rings. The number of aliphatic hydroxyl groups excluding tert-OH is 1. The van der Waals surface area contributed by atoms with E-state index in [-0.39, 0.29) is 41.3 Å². The van der Waals surface area contributed by atoms with E-state index in [1.807, 2.05) is 13.8 Å². The van der Waals surface area contributed by atoms with Gasteiger partial charge in [-0.15, -0.1) is 0 Å². The van der Waals surface area contributed by atoms with Gasteiger partial charge in [0.15, 0.2) is 11.6 Å². The Bertz CT molecular complexity index is 714. The highest BCUT2D eigenvalue weighted by atomic mass is 16.5. The van der Waals surface area contributed by atoms with E-state index < -0.39 is 17.1 Å². The number of ketones is 2. The van der Waals surface area contributed by atoms with Gasteiger partial charge in [0.1, 0.15) is 6.61 Å². The van der Waals surface area contributed by atoms with Crippen molar-refractivity contribution in [3.8, 4) is 0 Å². The number of carbonyl (C=O) groups excluding carboxylic acids is 2. The van der Waals surface area contributed by atoms with Crippen LogP contribution in [0.1, 0.15) is 65.7 Å². The molecule has 0 saturated heterocycles. The Balaban J connectivity index is 1.70. The highest BCUT2D eigenvalue weighted by Gasteiger charge is 2.66. The second-order valence-electron chi connectivity index (χ2n) is 10.1. The fourth-order valence-electron chi connectivity index (χ4n) is 7.14. The van der Waals surface area contributed by atoms with Crippen molar-refractivity contribution < 1.29 is 24.5 Å². The van der Waals surface area contributed by atoms with Crippen molar-refractivity contribution in [2.24, 2.45) is 28.6 Å². The van der Waals surface area contributed by atoms with Gasteiger partial charge in [0.05, 0.1) is 11.7 Å². The van der Waals surface area contributed by atoms with Crippen molar-refractivity contribution in [3.05, 3.63) is 11.6 Å². The number of aliphatic hydroxyl groups is 2. The van der Waals surface area contributed by atoms with Gasteiger partial charge in [-0.1, -0.05) is 13.8 Å². The molecular weight excluding hydrogens is 356 g/mol. The minimum absolute atomic E-state index is 0.0502. The molecular formula is C23H34O5. The monoisotopic (exact) mass is 390 g/mol. The molecule has 3 fully saturated rings. The molecule has 5 nitrogen and oxygen atoms in total. The standard InChI is InChI=1S/C23H34O5/c1-4-28-13-20(26)16-7-10-23(27)17-12-19(25)18-11-14(24)5-8-21(18,2)15(17)6-9-22(16,23)3/h12,14-16,18,24,27H,4-11,13H2,1-3H3/t14?,15?,16?,18?,21?,22?,23-/m1/s1. The maximum absolute atomic E-state index is 13.0. The van der Waals surface area contributed by atoms with E-state index >= 15 is 0 Å². The highest BCUT2D eigenvalue weighted by molar-refractivity contribution is 5.95. The van der Waals surface area contributed by atoms with Crippen molar-refractivity contribution in [2.45, 2.75) is 77.4 Å². The number of allylic oxidation sites excluding steroid dienone is 1. The topological polar surface area (TPSA) is 83.8 Å². The zero-order chi connectivity index (χ0) is 20.3. The number of rotatable bonds is 4. The van der Waals surface area contributed by atoms with E-state index in [1.54, 1.807) is 6.08 Å². The van der Waals surface area contributed by atoms with Crippen LogP contribution in [0.4, 0.5) is 0 Å². The van der Waals surface area contributed by atoms with E-state index in [9.17, 15) is 19.8 Å².